The molecule has 1 aliphatic heterocycles. The summed E-state index contributed by atoms with van der Waals surface area (Å²) in [6.45, 7) is 3.79. The fourth-order valence-electron chi connectivity index (χ4n) is 2.93. The number of rotatable bonds is 6. The number of nitrogens with two attached hydrogens (primary N) is 1. The maximum absolute atomic E-state index is 12.2. The molecule has 0 saturated carbocycles. The molecular formula is C17H25N3O2. The number of amides is 2. The number of nitrogens with zero attached hydrogens (tertiary/aromatic N) is 1. The van der Waals surface area contributed by atoms with Gasteiger partial charge in [-0.1, -0.05) is 30.3 Å². The largest absolute Gasteiger partial charge is 0.356 e. The Morgan fingerprint density at radius 3 is 2.64 bits per heavy atom. The lowest BCUT2D eigenvalue weighted by Gasteiger charge is -2.16. The second-order valence-electron chi connectivity index (χ2n) is 5.79. The zero-order valence-electron chi connectivity index (χ0n) is 13.1. The highest BCUT2D eigenvalue weighted by Crippen LogP contribution is 2.26. The van der Waals surface area contributed by atoms with Crippen molar-refractivity contribution in [3.05, 3.63) is 35.9 Å². The summed E-state index contributed by atoms with van der Waals surface area (Å²) in [5.41, 5.74) is 7.39. The van der Waals surface area contributed by atoms with Crippen molar-refractivity contribution in [1.29, 1.82) is 0 Å². The average molecular weight is 303 g/mol. The molecule has 0 radical (unpaired) electrons. The van der Waals surface area contributed by atoms with E-state index < -0.39 is 0 Å². The predicted molar refractivity (Wildman–Crippen MR) is 86.3 cm³/mol. The summed E-state index contributed by atoms with van der Waals surface area (Å²) in [5.74, 6) is 0.308. The van der Waals surface area contributed by atoms with Crippen LogP contribution in [0.4, 0.5) is 0 Å². The third-order valence-electron chi connectivity index (χ3n) is 4.11. The molecule has 3 N–H and O–H groups in total. The minimum absolute atomic E-state index is 0.00980. The molecule has 1 saturated heterocycles. The Labute approximate surface area is 131 Å². The molecule has 1 aromatic rings. The molecule has 120 valence electrons. The first-order valence-corrected chi connectivity index (χ1v) is 7.96. The van der Waals surface area contributed by atoms with Crippen molar-refractivity contribution >= 4 is 11.8 Å². The van der Waals surface area contributed by atoms with Gasteiger partial charge in [0.15, 0.2) is 0 Å². The Morgan fingerprint density at radius 2 is 1.95 bits per heavy atom. The van der Waals surface area contributed by atoms with Crippen LogP contribution in [-0.2, 0) is 9.59 Å². The van der Waals surface area contributed by atoms with Crippen molar-refractivity contribution in [2.45, 2.75) is 38.1 Å². The maximum Gasteiger partial charge on any atom is 0.222 e. The summed E-state index contributed by atoms with van der Waals surface area (Å²) in [4.78, 5) is 25.5. The highest BCUT2D eigenvalue weighted by Gasteiger charge is 2.33. The number of benzene rings is 1. The molecule has 1 fully saturated rings. The van der Waals surface area contributed by atoms with E-state index >= 15 is 0 Å². The Balaban J connectivity index is 1.81. The summed E-state index contributed by atoms with van der Waals surface area (Å²) in [7, 11) is 0. The van der Waals surface area contributed by atoms with Crippen molar-refractivity contribution in [2.24, 2.45) is 5.73 Å². The van der Waals surface area contributed by atoms with Crippen LogP contribution in [-0.4, -0.2) is 42.4 Å². The van der Waals surface area contributed by atoms with Crippen LogP contribution < -0.4 is 11.1 Å². The van der Waals surface area contributed by atoms with Gasteiger partial charge in [-0.05, 0) is 18.9 Å². The van der Waals surface area contributed by atoms with Crippen molar-refractivity contribution in [2.75, 3.05) is 19.6 Å². The van der Waals surface area contributed by atoms with Crippen molar-refractivity contribution < 1.29 is 9.59 Å². The first-order chi connectivity index (χ1) is 10.6. The van der Waals surface area contributed by atoms with Crippen molar-refractivity contribution in [3.8, 4) is 0 Å². The highest BCUT2D eigenvalue weighted by molar-refractivity contribution is 5.79. The van der Waals surface area contributed by atoms with E-state index in [1.54, 1.807) is 0 Å². The molecule has 0 spiro atoms. The van der Waals surface area contributed by atoms with Gasteiger partial charge >= 0.3 is 0 Å². The number of carbonyl (C=O) groups excluding carboxylic acids is 2. The zero-order chi connectivity index (χ0) is 15.9. The van der Waals surface area contributed by atoms with Crippen LogP contribution in [0.25, 0.3) is 0 Å². The lowest BCUT2D eigenvalue weighted by Crippen LogP contribution is -2.32. The lowest BCUT2D eigenvalue weighted by atomic mass is 9.95. The molecule has 1 aromatic carbocycles. The molecule has 2 atom stereocenters. The van der Waals surface area contributed by atoms with Gasteiger partial charge in [0, 0.05) is 44.4 Å². The first-order valence-electron chi connectivity index (χ1n) is 7.96. The van der Waals surface area contributed by atoms with Gasteiger partial charge in [0.25, 0.3) is 0 Å². The van der Waals surface area contributed by atoms with Crippen LogP contribution >= 0.6 is 0 Å². The number of hydrogen-bond donors (Lipinski definition) is 2. The minimum Gasteiger partial charge on any atom is -0.356 e. The van der Waals surface area contributed by atoms with E-state index in [-0.39, 0.29) is 23.8 Å². The summed E-state index contributed by atoms with van der Waals surface area (Å²) in [6, 6.07) is 10.1. The number of likely N-dealkylation sites (tertiary alicyclic amines) is 1. The summed E-state index contributed by atoms with van der Waals surface area (Å²) in [5, 5.41) is 2.74. The predicted octanol–water partition coefficient (Wildman–Crippen LogP) is 1.25. The van der Waals surface area contributed by atoms with Crippen LogP contribution in [0.1, 0.15) is 37.7 Å². The number of carbonyl (C=O) groups is 2. The van der Waals surface area contributed by atoms with E-state index in [0.717, 1.165) is 0 Å². The second kappa shape index (κ2) is 7.94. The molecule has 5 heteroatoms. The quantitative estimate of drug-likeness (QED) is 0.830. The molecule has 22 heavy (non-hydrogen) atoms. The molecule has 0 aliphatic carbocycles. The fraction of sp³-hybridized carbons (Fsp3) is 0.529. The Bertz CT molecular complexity index is 504. The monoisotopic (exact) mass is 303 g/mol. The van der Waals surface area contributed by atoms with Gasteiger partial charge in [-0.2, -0.15) is 0 Å². The van der Waals surface area contributed by atoms with Gasteiger partial charge in [0.05, 0.1) is 0 Å². The van der Waals surface area contributed by atoms with Gasteiger partial charge in [0.2, 0.25) is 11.8 Å². The normalized spacial score (nSPS) is 20.9. The van der Waals surface area contributed by atoms with Crippen LogP contribution in [0.15, 0.2) is 30.3 Å². The Morgan fingerprint density at radius 1 is 1.23 bits per heavy atom. The number of nitrogens with one attached hydrogen (secondary N) is 1. The van der Waals surface area contributed by atoms with Crippen LogP contribution in [0, 0.1) is 0 Å². The Hall–Kier alpha value is -1.88. The van der Waals surface area contributed by atoms with E-state index in [1.165, 1.54) is 5.56 Å². The third kappa shape index (κ3) is 4.31. The topological polar surface area (TPSA) is 75.4 Å². The molecule has 1 aliphatic rings. The van der Waals surface area contributed by atoms with Crippen molar-refractivity contribution in [3.63, 3.8) is 0 Å². The molecule has 0 unspecified atom stereocenters. The second-order valence-corrected chi connectivity index (χ2v) is 5.79. The first kappa shape index (κ1) is 16.5. The molecular weight excluding hydrogens is 278 g/mol. The van der Waals surface area contributed by atoms with Gasteiger partial charge < -0.3 is 16.0 Å². The zero-order valence-corrected chi connectivity index (χ0v) is 13.1. The molecule has 0 bridgehead atoms. The molecule has 5 nitrogen and oxygen atoms in total. The summed E-state index contributed by atoms with van der Waals surface area (Å²) in [6.07, 6.45) is 1.40. The van der Waals surface area contributed by atoms with Crippen LogP contribution in [0.3, 0.4) is 0 Å². The molecule has 1 heterocycles. The molecule has 2 rings (SSSR count). The van der Waals surface area contributed by atoms with E-state index in [0.29, 0.717) is 38.9 Å². The summed E-state index contributed by atoms with van der Waals surface area (Å²) >= 11 is 0. The smallest absolute Gasteiger partial charge is 0.222 e. The Kier molecular flexibility index (Phi) is 5.95. The van der Waals surface area contributed by atoms with E-state index in [4.69, 9.17) is 5.73 Å². The van der Waals surface area contributed by atoms with E-state index in [2.05, 4.69) is 17.4 Å². The van der Waals surface area contributed by atoms with E-state index in [1.807, 2.05) is 30.0 Å². The molecule has 2 amide bonds. The molecule has 0 aromatic heterocycles. The third-order valence-corrected chi connectivity index (χ3v) is 4.11. The fourth-order valence-corrected chi connectivity index (χ4v) is 2.93. The van der Waals surface area contributed by atoms with Gasteiger partial charge in [-0.25, -0.2) is 0 Å². The van der Waals surface area contributed by atoms with E-state index in [9.17, 15) is 9.59 Å². The standard InChI is InChI=1S/C17H25N3O2/c1-2-19-16(21)9-6-10-17(22)20-11-14(15(18)12-20)13-7-4-3-5-8-13/h3-5,7-8,14-15H,2,6,9-12,18H2,1H3,(H,19,21)/t14-,15+/m0/s1. The number of hydrogen-bond acceptors (Lipinski definition) is 3. The van der Waals surface area contributed by atoms with Gasteiger partial charge in [-0.15, -0.1) is 0 Å². The minimum atomic E-state index is -0.0188. The van der Waals surface area contributed by atoms with Crippen molar-refractivity contribution in [1.82, 2.24) is 10.2 Å². The summed E-state index contributed by atoms with van der Waals surface area (Å²) < 4.78 is 0. The highest BCUT2D eigenvalue weighted by atomic mass is 16.2. The van der Waals surface area contributed by atoms with Gasteiger partial charge in [-0.3, -0.25) is 9.59 Å². The maximum atomic E-state index is 12.2. The van der Waals surface area contributed by atoms with Gasteiger partial charge in [0.1, 0.15) is 0 Å². The SMILES string of the molecule is CCNC(=O)CCCC(=O)N1C[C@@H](N)[C@H](c2ccccc2)C1. The lowest BCUT2D eigenvalue weighted by molar-refractivity contribution is -0.130. The average Bonchev–Trinajstić information content (AvgIpc) is 2.90. The van der Waals surface area contributed by atoms with Crippen LogP contribution in [0.5, 0.6) is 0 Å². The van der Waals surface area contributed by atoms with Crippen LogP contribution in [0.2, 0.25) is 0 Å².